The van der Waals surface area contributed by atoms with Crippen LogP contribution in [0.25, 0.3) is 0 Å². The third-order valence-corrected chi connectivity index (χ3v) is 5.52. The van der Waals surface area contributed by atoms with E-state index >= 15 is 0 Å². The minimum Gasteiger partial charge on any atom is -0.484 e. The van der Waals surface area contributed by atoms with E-state index in [0.717, 1.165) is 30.7 Å². The van der Waals surface area contributed by atoms with Crippen molar-refractivity contribution in [1.29, 1.82) is 0 Å². The van der Waals surface area contributed by atoms with Crippen LogP contribution in [0.3, 0.4) is 0 Å². The van der Waals surface area contributed by atoms with Crippen molar-refractivity contribution in [1.82, 2.24) is 4.98 Å². The second-order valence-electron chi connectivity index (χ2n) is 5.69. The number of hydrogen-bond donors (Lipinski definition) is 0. The molecule has 0 amide bonds. The van der Waals surface area contributed by atoms with Crippen LogP contribution in [0.5, 0.6) is 5.75 Å². The summed E-state index contributed by atoms with van der Waals surface area (Å²) in [5, 5.41) is 3.91. The summed E-state index contributed by atoms with van der Waals surface area (Å²) in [7, 11) is 0. The lowest BCUT2D eigenvalue weighted by atomic mass is 9.93. The van der Waals surface area contributed by atoms with Crippen LogP contribution in [0.4, 0.5) is 0 Å². The third kappa shape index (κ3) is 4.53. The minimum atomic E-state index is 0.0768. The number of thiazole rings is 1. The normalized spacial score (nSPS) is 11.7. The lowest BCUT2D eigenvalue weighted by molar-refractivity contribution is 0.301. The zero-order valence-corrected chi connectivity index (χ0v) is 17.6. The monoisotopic (exact) mass is 495 g/mol. The molecule has 0 aliphatic heterocycles. The second-order valence-corrected chi connectivity index (χ2v) is 8.90. The smallest absolute Gasteiger partial charge is 0.148 e. The second kappa shape index (κ2) is 7.11. The number of alkyl halides is 1. The van der Waals surface area contributed by atoms with Crippen LogP contribution >= 0.6 is 59.1 Å². The van der Waals surface area contributed by atoms with E-state index in [9.17, 15) is 0 Å². The molecule has 114 valence electrons. The molecule has 1 aromatic heterocycles. The van der Waals surface area contributed by atoms with Crippen LogP contribution in [0.15, 0.2) is 26.5 Å². The van der Waals surface area contributed by atoms with Gasteiger partial charge in [0, 0.05) is 16.1 Å². The molecule has 0 aliphatic rings. The molecule has 0 radical (unpaired) electrons. The Labute approximate surface area is 154 Å². The molecule has 21 heavy (non-hydrogen) atoms. The van der Waals surface area contributed by atoms with Crippen molar-refractivity contribution in [2.75, 3.05) is 0 Å². The molecule has 0 saturated heterocycles. The summed E-state index contributed by atoms with van der Waals surface area (Å²) in [6.45, 7) is 6.97. The molecule has 0 aliphatic carbocycles. The molecule has 1 aromatic carbocycles. The number of ether oxygens (including phenoxy) is 1. The van der Waals surface area contributed by atoms with E-state index in [0.29, 0.717) is 6.61 Å². The Hall–Kier alpha value is 0.0900. The third-order valence-electron chi connectivity index (χ3n) is 2.87. The van der Waals surface area contributed by atoms with Gasteiger partial charge in [0.1, 0.15) is 17.4 Å². The van der Waals surface area contributed by atoms with Crippen molar-refractivity contribution in [2.24, 2.45) is 0 Å². The minimum absolute atomic E-state index is 0.0768. The van der Waals surface area contributed by atoms with Gasteiger partial charge in [0.05, 0.1) is 14.6 Å². The highest BCUT2D eigenvalue weighted by atomic mass is 79.9. The van der Waals surface area contributed by atoms with Crippen LogP contribution in [0, 0.1) is 0 Å². The Kier molecular flexibility index (Phi) is 5.91. The number of nitrogens with zero attached hydrogens (tertiary/aromatic N) is 1. The number of hydrogen-bond acceptors (Lipinski definition) is 3. The van der Waals surface area contributed by atoms with Crippen LogP contribution in [0.1, 0.15) is 37.0 Å². The zero-order valence-electron chi connectivity index (χ0n) is 12.0. The maximum absolute atomic E-state index is 5.92. The predicted molar refractivity (Wildman–Crippen MR) is 99.6 cm³/mol. The van der Waals surface area contributed by atoms with Crippen LogP contribution in [0.2, 0.25) is 0 Å². The fourth-order valence-electron chi connectivity index (χ4n) is 1.68. The molecule has 2 rings (SSSR count). The molecule has 1 heterocycles. The van der Waals surface area contributed by atoms with Gasteiger partial charge >= 0.3 is 0 Å². The summed E-state index contributed by atoms with van der Waals surface area (Å²) in [4.78, 5) is 4.65. The van der Waals surface area contributed by atoms with Crippen LogP contribution in [-0.4, -0.2) is 4.98 Å². The van der Waals surface area contributed by atoms with Crippen molar-refractivity contribution in [3.8, 4) is 5.75 Å². The van der Waals surface area contributed by atoms with Gasteiger partial charge in [-0.3, -0.25) is 0 Å². The summed E-state index contributed by atoms with van der Waals surface area (Å²) in [5.41, 5.74) is 2.37. The topological polar surface area (TPSA) is 22.1 Å². The molecular weight excluding hydrogens is 482 g/mol. The van der Waals surface area contributed by atoms with E-state index in [4.69, 9.17) is 4.74 Å². The number of halogens is 3. The van der Waals surface area contributed by atoms with E-state index in [-0.39, 0.29) is 5.41 Å². The van der Waals surface area contributed by atoms with Gasteiger partial charge in [-0.25, -0.2) is 4.98 Å². The average molecular weight is 498 g/mol. The number of rotatable bonds is 4. The van der Waals surface area contributed by atoms with Gasteiger partial charge in [0.15, 0.2) is 0 Å². The van der Waals surface area contributed by atoms with E-state index in [1.54, 1.807) is 11.3 Å². The molecule has 0 unspecified atom stereocenters. The summed E-state index contributed by atoms with van der Waals surface area (Å²) in [6.07, 6.45) is 0. The van der Waals surface area contributed by atoms with E-state index in [1.807, 2.05) is 0 Å². The molecule has 0 spiro atoms. The molecule has 2 nitrogen and oxygen atoms in total. The van der Waals surface area contributed by atoms with Crippen molar-refractivity contribution in [3.05, 3.63) is 42.7 Å². The lowest BCUT2D eigenvalue weighted by Crippen LogP contribution is -2.11. The Balaban J connectivity index is 2.12. The zero-order chi connectivity index (χ0) is 15.6. The summed E-state index contributed by atoms with van der Waals surface area (Å²) in [5.74, 6) is 0.812. The highest BCUT2D eigenvalue weighted by Gasteiger charge is 2.18. The molecule has 0 saturated carbocycles. The first-order chi connectivity index (χ1) is 9.81. The standard InChI is InChI=1S/C15H16Br3NOS/c1-15(2,3)12-8-21-13(19-12)7-20-14-10(17)4-9(6-16)5-11(14)18/h4-5,8H,6-7H2,1-3H3. The first-order valence-corrected chi connectivity index (χ1v) is 10.0. The number of aromatic nitrogens is 1. The Morgan fingerprint density at radius 2 is 1.81 bits per heavy atom. The van der Waals surface area contributed by atoms with Gasteiger partial charge in [-0.05, 0) is 49.6 Å². The molecule has 0 bridgehead atoms. The quantitative estimate of drug-likeness (QED) is 0.453. The molecule has 0 fully saturated rings. The molecule has 6 heteroatoms. The van der Waals surface area contributed by atoms with Gasteiger partial charge < -0.3 is 4.74 Å². The van der Waals surface area contributed by atoms with E-state index in [2.05, 4.69) is 91.1 Å². The van der Waals surface area contributed by atoms with Crippen LogP contribution < -0.4 is 4.74 Å². The fraction of sp³-hybridized carbons (Fsp3) is 0.400. The highest BCUT2D eigenvalue weighted by molar-refractivity contribution is 9.11. The highest BCUT2D eigenvalue weighted by Crippen LogP contribution is 2.36. The first-order valence-electron chi connectivity index (χ1n) is 6.43. The van der Waals surface area contributed by atoms with Gasteiger partial charge in [-0.2, -0.15) is 0 Å². The number of benzene rings is 1. The maximum Gasteiger partial charge on any atom is 0.148 e. The maximum atomic E-state index is 5.92. The summed E-state index contributed by atoms with van der Waals surface area (Å²) in [6, 6.07) is 4.11. The Morgan fingerprint density at radius 1 is 1.19 bits per heavy atom. The first kappa shape index (κ1) is 17.4. The van der Waals surface area contributed by atoms with Gasteiger partial charge in [0.25, 0.3) is 0 Å². The molecule has 0 N–H and O–H groups in total. The predicted octanol–water partition coefficient (Wildman–Crippen LogP) is 6.44. The van der Waals surface area contributed by atoms with Gasteiger partial charge in [0.2, 0.25) is 0 Å². The Morgan fingerprint density at radius 3 is 2.29 bits per heavy atom. The van der Waals surface area contributed by atoms with Gasteiger partial charge in [-0.15, -0.1) is 11.3 Å². The average Bonchev–Trinajstić information content (AvgIpc) is 2.86. The summed E-state index contributed by atoms with van der Waals surface area (Å²) < 4.78 is 7.80. The summed E-state index contributed by atoms with van der Waals surface area (Å²) >= 11 is 12.2. The fourth-order valence-corrected chi connectivity index (χ4v) is 4.45. The molecular formula is C15H16Br3NOS. The lowest BCUT2D eigenvalue weighted by Gasteiger charge is -2.14. The Bertz CT molecular complexity index is 611. The van der Waals surface area contributed by atoms with Gasteiger partial charge in [-0.1, -0.05) is 36.7 Å². The SMILES string of the molecule is CC(C)(C)c1csc(COc2c(Br)cc(CBr)cc2Br)n1. The van der Waals surface area contributed by atoms with Crippen molar-refractivity contribution >= 4 is 59.1 Å². The van der Waals surface area contributed by atoms with Crippen molar-refractivity contribution in [2.45, 2.75) is 38.1 Å². The van der Waals surface area contributed by atoms with Crippen molar-refractivity contribution in [3.63, 3.8) is 0 Å². The molecule has 2 aromatic rings. The van der Waals surface area contributed by atoms with Crippen LogP contribution in [-0.2, 0) is 17.4 Å². The van der Waals surface area contributed by atoms with E-state index < -0.39 is 0 Å². The molecule has 0 atom stereocenters. The van der Waals surface area contributed by atoms with Crippen molar-refractivity contribution < 1.29 is 4.74 Å². The largest absolute Gasteiger partial charge is 0.484 e. The van der Waals surface area contributed by atoms with E-state index in [1.165, 1.54) is 5.56 Å².